The molecule has 3 heterocycles. The summed E-state index contributed by atoms with van der Waals surface area (Å²) < 4.78 is 14.8. The number of anilines is 1. The third-order valence-electron chi connectivity index (χ3n) is 6.29. The smallest absolute Gasteiger partial charge is 0.226 e. The van der Waals surface area contributed by atoms with Gasteiger partial charge >= 0.3 is 0 Å². The molecule has 1 saturated heterocycles. The van der Waals surface area contributed by atoms with E-state index in [2.05, 4.69) is 56.5 Å². The summed E-state index contributed by atoms with van der Waals surface area (Å²) in [5, 5.41) is 0.0197. The average molecular weight is 454 g/mol. The average Bonchev–Trinajstić information content (AvgIpc) is 3.08. The molecule has 2 aromatic heterocycles. The largest absolute Gasteiger partial charge is 0.402 e. The number of carbonyl (C=O) groups is 1. The third-order valence-corrected chi connectivity index (χ3v) is 12.5. The number of nitrogen functional groups attached to an aromatic ring is 1. The van der Waals surface area contributed by atoms with Crippen LogP contribution < -0.4 is 5.73 Å². The third kappa shape index (κ3) is 3.55. The van der Waals surface area contributed by atoms with Gasteiger partial charge < -0.3 is 14.9 Å². The highest BCUT2D eigenvalue weighted by Crippen LogP contribution is 2.46. The number of aromatic nitrogens is 4. The van der Waals surface area contributed by atoms with Gasteiger partial charge in [0, 0.05) is 0 Å². The maximum absolute atomic E-state index is 13.2. The van der Waals surface area contributed by atoms with E-state index >= 15 is 0 Å². The van der Waals surface area contributed by atoms with Gasteiger partial charge in [0.2, 0.25) is 13.6 Å². The molecule has 0 saturated carbocycles. The van der Waals surface area contributed by atoms with E-state index in [0.29, 0.717) is 33.6 Å². The number of hydrogen-bond acceptors (Lipinski definition) is 7. The molecule has 1 fully saturated rings. The molecule has 3 rings (SSSR count). The van der Waals surface area contributed by atoms with Gasteiger partial charge in [-0.15, -0.1) is 0 Å². The molecule has 0 aliphatic carbocycles. The van der Waals surface area contributed by atoms with Crippen LogP contribution in [0.2, 0.25) is 21.9 Å². The van der Waals surface area contributed by atoms with E-state index in [4.69, 9.17) is 26.5 Å². The van der Waals surface area contributed by atoms with Crippen molar-refractivity contribution in [2.75, 3.05) is 5.73 Å². The van der Waals surface area contributed by atoms with Crippen molar-refractivity contribution in [1.82, 2.24) is 19.5 Å². The summed E-state index contributed by atoms with van der Waals surface area (Å²) in [4.78, 5) is 26.0. The number of nitrogens with two attached hydrogens (primary N) is 1. The van der Waals surface area contributed by atoms with Crippen molar-refractivity contribution < 1.29 is 14.0 Å². The van der Waals surface area contributed by atoms with E-state index in [1.54, 1.807) is 11.5 Å². The second kappa shape index (κ2) is 8.18. The molecule has 10 heteroatoms. The van der Waals surface area contributed by atoms with Crippen molar-refractivity contribution in [2.45, 2.75) is 90.4 Å². The zero-order valence-corrected chi connectivity index (χ0v) is 20.7. The first kappa shape index (κ1) is 23.1. The molecule has 0 spiro atoms. The Morgan fingerprint density at radius 3 is 2.20 bits per heavy atom. The summed E-state index contributed by atoms with van der Waals surface area (Å²) in [6, 6.07) is 0. The van der Waals surface area contributed by atoms with E-state index in [1.807, 2.05) is 6.92 Å². The number of rotatable bonds is 6. The van der Waals surface area contributed by atoms with E-state index in [-0.39, 0.29) is 16.9 Å². The first-order valence-electron chi connectivity index (χ1n) is 10.5. The Hall–Kier alpha value is -1.55. The summed E-state index contributed by atoms with van der Waals surface area (Å²) in [5.74, 6) is 0.741. The number of nitrogens with zero attached hydrogens (tertiary/aromatic N) is 4. The van der Waals surface area contributed by atoms with Crippen molar-refractivity contribution in [3.63, 3.8) is 0 Å². The monoisotopic (exact) mass is 453 g/mol. The van der Waals surface area contributed by atoms with Crippen LogP contribution in [0.1, 0.15) is 60.5 Å². The van der Waals surface area contributed by atoms with Gasteiger partial charge in [-0.1, -0.05) is 41.5 Å². The Morgan fingerprint density at radius 2 is 1.67 bits per heavy atom. The molecule has 2 N–H and O–H groups in total. The van der Waals surface area contributed by atoms with Gasteiger partial charge in [-0.25, -0.2) is 4.98 Å². The molecule has 30 heavy (non-hydrogen) atoms. The number of hydrogen-bond donors (Lipinski definition) is 1. The fourth-order valence-electron chi connectivity index (χ4n) is 5.04. The van der Waals surface area contributed by atoms with Gasteiger partial charge in [-0.05, 0) is 42.1 Å². The fraction of sp³-hybridized carbons (Fsp3) is 0.700. The molecule has 0 aromatic carbocycles. The number of halogens is 1. The van der Waals surface area contributed by atoms with Crippen LogP contribution in [0.25, 0.3) is 11.2 Å². The van der Waals surface area contributed by atoms with Crippen LogP contribution in [0, 0.1) is 6.92 Å². The van der Waals surface area contributed by atoms with Crippen LogP contribution in [0.4, 0.5) is 5.82 Å². The molecule has 166 valence electrons. The summed E-state index contributed by atoms with van der Waals surface area (Å²) in [5.41, 5.74) is 7.87. The number of aryl methyl sites for hydroxylation is 1. The van der Waals surface area contributed by atoms with Gasteiger partial charge in [0.1, 0.15) is 11.9 Å². The lowest BCUT2D eigenvalue weighted by Crippen LogP contribution is -2.52. The fourth-order valence-corrected chi connectivity index (χ4v) is 10.7. The minimum atomic E-state index is -2.34. The van der Waals surface area contributed by atoms with Gasteiger partial charge in [-0.3, -0.25) is 9.36 Å². The highest BCUT2D eigenvalue weighted by molar-refractivity contribution is 6.77. The number of imidazole rings is 1. The molecule has 2 aromatic rings. The molecule has 0 amide bonds. The van der Waals surface area contributed by atoms with Gasteiger partial charge in [-0.2, -0.15) is 9.97 Å². The summed E-state index contributed by atoms with van der Waals surface area (Å²) in [6.07, 6.45) is -2.03. The maximum atomic E-state index is 13.2. The summed E-state index contributed by atoms with van der Waals surface area (Å²) >= 11 is 6.06. The number of carbonyl (C=O) groups excluding carboxylic acids is 1. The van der Waals surface area contributed by atoms with E-state index in [9.17, 15) is 4.79 Å². The van der Waals surface area contributed by atoms with Crippen molar-refractivity contribution in [3.8, 4) is 0 Å². The highest BCUT2D eigenvalue weighted by atomic mass is 35.5. The molecular weight excluding hydrogens is 422 g/mol. The van der Waals surface area contributed by atoms with Crippen LogP contribution in [0.15, 0.2) is 0 Å². The SMILES string of the molecule is Cc1nc2c(N)nc(Cl)nc2n1[C@@H]1O[C@H](C)C(=O)[C@@H]1O[Si](C(C)C)(C(C)C)C(C)C. The lowest BCUT2D eigenvalue weighted by atomic mass is 10.2. The molecular formula is C20H32ClN5O3Si. The quantitative estimate of drug-likeness (QED) is 0.509. The van der Waals surface area contributed by atoms with E-state index < -0.39 is 26.8 Å². The molecule has 1 aliphatic rings. The van der Waals surface area contributed by atoms with Crippen molar-refractivity contribution >= 4 is 42.7 Å². The normalized spacial score (nSPS) is 22.9. The van der Waals surface area contributed by atoms with Crippen LogP contribution in [0.3, 0.4) is 0 Å². The van der Waals surface area contributed by atoms with Crippen LogP contribution in [0.5, 0.6) is 0 Å². The predicted molar refractivity (Wildman–Crippen MR) is 120 cm³/mol. The molecule has 3 atom stereocenters. The molecule has 0 radical (unpaired) electrons. The van der Waals surface area contributed by atoms with Crippen LogP contribution in [-0.4, -0.2) is 45.8 Å². The molecule has 0 bridgehead atoms. The first-order valence-corrected chi connectivity index (χ1v) is 13.0. The van der Waals surface area contributed by atoms with Crippen LogP contribution >= 0.6 is 11.6 Å². The molecule has 8 nitrogen and oxygen atoms in total. The topological polar surface area (TPSA) is 105 Å². The Balaban J connectivity index is 2.15. The number of ketones is 1. The second-order valence-electron chi connectivity index (χ2n) is 9.01. The van der Waals surface area contributed by atoms with Gasteiger partial charge in [0.15, 0.2) is 35.1 Å². The van der Waals surface area contributed by atoms with Gasteiger partial charge in [0.05, 0.1) is 0 Å². The number of Topliss-reactive ketones (excluding diaryl/α,β-unsaturated/α-hetero) is 1. The van der Waals surface area contributed by atoms with Crippen molar-refractivity contribution in [2.24, 2.45) is 0 Å². The Kier molecular flexibility index (Phi) is 6.30. The minimum Gasteiger partial charge on any atom is -0.402 e. The summed E-state index contributed by atoms with van der Waals surface area (Å²) in [7, 11) is -2.34. The number of ether oxygens (including phenoxy) is 1. The van der Waals surface area contributed by atoms with Crippen molar-refractivity contribution in [1.29, 1.82) is 0 Å². The standard InChI is InChI=1S/C20H32ClN5O3Si/c1-9(2)30(10(3)4,11(5)6)29-16-15(27)12(7)28-19(16)26-13(8)23-14-17(22)24-20(21)25-18(14)26/h9-12,16,19H,1-8H3,(H2,22,24,25)/t12-,16+,19-/m1/s1. The van der Waals surface area contributed by atoms with E-state index in [0.717, 1.165) is 0 Å². The zero-order valence-electron chi connectivity index (χ0n) is 18.9. The Morgan fingerprint density at radius 1 is 1.10 bits per heavy atom. The van der Waals surface area contributed by atoms with Crippen LogP contribution in [-0.2, 0) is 14.0 Å². The predicted octanol–water partition coefficient (Wildman–Crippen LogP) is 4.42. The Labute approximate surface area is 183 Å². The highest BCUT2D eigenvalue weighted by Gasteiger charge is 2.53. The minimum absolute atomic E-state index is 0.0197. The lowest BCUT2D eigenvalue weighted by Gasteiger charge is -2.44. The van der Waals surface area contributed by atoms with E-state index in [1.165, 1.54) is 0 Å². The zero-order chi connectivity index (χ0) is 22.5. The van der Waals surface area contributed by atoms with Crippen molar-refractivity contribution in [3.05, 3.63) is 11.1 Å². The molecule has 0 unspecified atom stereocenters. The number of fused-ring (bicyclic) bond motifs is 1. The maximum Gasteiger partial charge on any atom is 0.226 e. The van der Waals surface area contributed by atoms with Gasteiger partial charge in [0.25, 0.3) is 0 Å². The lowest BCUT2D eigenvalue weighted by molar-refractivity contribution is -0.126. The Bertz CT molecular complexity index is 940. The second-order valence-corrected chi connectivity index (χ2v) is 14.8. The summed E-state index contributed by atoms with van der Waals surface area (Å²) in [6.45, 7) is 16.7. The first-order chi connectivity index (χ1) is 13.9. The molecule has 1 aliphatic heterocycles.